The van der Waals surface area contributed by atoms with Crippen LogP contribution in [-0.4, -0.2) is 29.7 Å². The van der Waals surface area contributed by atoms with Crippen LogP contribution in [0.25, 0.3) is 0 Å². The van der Waals surface area contributed by atoms with Gasteiger partial charge in [0.05, 0.1) is 6.07 Å². The van der Waals surface area contributed by atoms with Crippen molar-refractivity contribution in [3.05, 3.63) is 35.4 Å². The summed E-state index contributed by atoms with van der Waals surface area (Å²) in [6.45, 7) is 7.59. The Bertz CT molecular complexity index is 614. The zero-order valence-electron chi connectivity index (χ0n) is 14.1. The average molecular weight is 312 g/mol. The standard InChI is InChI=1S/C19H24N2O2/c1-19(2,3)15-9-7-14(8-10-15)17(22)16(13-20)18(23)21-11-5-4-6-12-21/h7-10,16H,4-6,11-12H2,1-3H3/t16-/m1/s1. The van der Waals surface area contributed by atoms with Gasteiger partial charge in [-0.25, -0.2) is 0 Å². The van der Waals surface area contributed by atoms with Crippen LogP contribution in [-0.2, 0) is 10.2 Å². The van der Waals surface area contributed by atoms with Crippen molar-refractivity contribution in [2.24, 2.45) is 5.92 Å². The largest absolute Gasteiger partial charge is 0.341 e. The second-order valence-corrected chi connectivity index (χ2v) is 7.14. The first-order chi connectivity index (χ1) is 10.8. The molecule has 122 valence electrons. The van der Waals surface area contributed by atoms with Crippen LogP contribution in [0.3, 0.4) is 0 Å². The highest BCUT2D eigenvalue weighted by molar-refractivity contribution is 6.12. The first kappa shape index (κ1) is 17.2. The maximum atomic E-state index is 12.6. The number of Topliss-reactive ketones (excluding diaryl/α,β-unsaturated/α-hetero) is 1. The molecule has 0 unspecified atom stereocenters. The molecule has 1 heterocycles. The van der Waals surface area contributed by atoms with E-state index in [4.69, 9.17) is 0 Å². The Morgan fingerprint density at radius 3 is 2.13 bits per heavy atom. The molecule has 1 fully saturated rings. The Morgan fingerprint density at radius 2 is 1.65 bits per heavy atom. The summed E-state index contributed by atoms with van der Waals surface area (Å²) < 4.78 is 0. The molecule has 1 aromatic rings. The highest BCUT2D eigenvalue weighted by Crippen LogP contribution is 2.23. The van der Waals surface area contributed by atoms with E-state index in [0.717, 1.165) is 24.8 Å². The van der Waals surface area contributed by atoms with Crippen molar-refractivity contribution in [1.29, 1.82) is 5.26 Å². The van der Waals surface area contributed by atoms with Gasteiger partial charge in [-0.3, -0.25) is 9.59 Å². The topological polar surface area (TPSA) is 61.2 Å². The smallest absolute Gasteiger partial charge is 0.247 e. The number of hydrogen-bond donors (Lipinski definition) is 0. The lowest BCUT2D eigenvalue weighted by Gasteiger charge is -2.28. The number of carbonyl (C=O) groups excluding carboxylic acids is 2. The molecule has 23 heavy (non-hydrogen) atoms. The number of nitriles is 1. The van der Waals surface area contributed by atoms with E-state index in [2.05, 4.69) is 20.8 Å². The average Bonchev–Trinajstić information content (AvgIpc) is 2.55. The SMILES string of the molecule is CC(C)(C)c1ccc(C(=O)[C@@H](C#N)C(=O)N2CCCCC2)cc1. The lowest BCUT2D eigenvalue weighted by Crippen LogP contribution is -2.41. The fourth-order valence-electron chi connectivity index (χ4n) is 2.82. The number of likely N-dealkylation sites (tertiary alicyclic amines) is 1. The molecular formula is C19H24N2O2. The third kappa shape index (κ3) is 3.98. The second kappa shape index (κ2) is 6.95. The van der Waals surface area contributed by atoms with Crippen LogP contribution in [0, 0.1) is 17.2 Å². The summed E-state index contributed by atoms with van der Waals surface area (Å²) in [5.74, 6) is -1.98. The van der Waals surface area contributed by atoms with Crippen LogP contribution < -0.4 is 0 Å². The normalized spacial score (nSPS) is 16.5. The van der Waals surface area contributed by atoms with E-state index in [-0.39, 0.29) is 11.3 Å². The Kier molecular flexibility index (Phi) is 5.20. The maximum absolute atomic E-state index is 12.6. The van der Waals surface area contributed by atoms with Gasteiger partial charge in [0, 0.05) is 18.7 Å². The van der Waals surface area contributed by atoms with Gasteiger partial charge in [-0.1, -0.05) is 45.0 Å². The number of piperidine rings is 1. The van der Waals surface area contributed by atoms with Gasteiger partial charge in [-0.15, -0.1) is 0 Å². The molecule has 1 aliphatic rings. The van der Waals surface area contributed by atoms with Gasteiger partial charge in [0.25, 0.3) is 0 Å². The summed E-state index contributed by atoms with van der Waals surface area (Å²) in [4.78, 5) is 26.7. The van der Waals surface area contributed by atoms with Crippen molar-refractivity contribution >= 4 is 11.7 Å². The molecule has 0 N–H and O–H groups in total. The highest BCUT2D eigenvalue weighted by Gasteiger charge is 2.32. The minimum Gasteiger partial charge on any atom is -0.341 e. The van der Waals surface area contributed by atoms with E-state index in [1.54, 1.807) is 17.0 Å². The zero-order chi connectivity index (χ0) is 17.0. The Hall–Kier alpha value is -2.15. The van der Waals surface area contributed by atoms with Crippen LogP contribution in [0.4, 0.5) is 0 Å². The lowest BCUT2D eigenvalue weighted by atomic mass is 9.86. The fraction of sp³-hybridized carbons (Fsp3) is 0.526. The molecule has 0 spiro atoms. The summed E-state index contributed by atoms with van der Waals surface area (Å²) in [6, 6.07) is 9.13. The Morgan fingerprint density at radius 1 is 1.09 bits per heavy atom. The molecule has 1 saturated heterocycles. The molecule has 1 aromatic carbocycles. The van der Waals surface area contributed by atoms with Crippen molar-refractivity contribution in [2.45, 2.75) is 45.4 Å². The monoisotopic (exact) mass is 312 g/mol. The van der Waals surface area contributed by atoms with E-state index in [1.807, 2.05) is 18.2 Å². The summed E-state index contributed by atoms with van der Waals surface area (Å²) in [7, 11) is 0. The molecule has 2 rings (SSSR count). The summed E-state index contributed by atoms with van der Waals surface area (Å²) >= 11 is 0. The van der Waals surface area contributed by atoms with Gasteiger partial charge < -0.3 is 4.90 Å². The fourth-order valence-corrected chi connectivity index (χ4v) is 2.82. The molecule has 0 saturated carbocycles. The molecule has 0 radical (unpaired) electrons. The summed E-state index contributed by atoms with van der Waals surface area (Å²) in [5, 5.41) is 9.32. The molecular weight excluding hydrogens is 288 g/mol. The van der Waals surface area contributed by atoms with Gasteiger partial charge >= 0.3 is 0 Å². The van der Waals surface area contributed by atoms with Crippen molar-refractivity contribution in [3.63, 3.8) is 0 Å². The predicted molar refractivity (Wildman–Crippen MR) is 89.0 cm³/mol. The van der Waals surface area contributed by atoms with Crippen LogP contribution in [0.2, 0.25) is 0 Å². The number of amides is 1. The first-order valence-corrected chi connectivity index (χ1v) is 8.18. The number of ketones is 1. The molecule has 0 bridgehead atoms. The number of benzene rings is 1. The quantitative estimate of drug-likeness (QED) is 0.635. The summed E-state index contributed by atoms with van der Waals surface area (Å²) in [5.41, 5.74) is 1.54. The molecule has 1 aliphatic heterocycles. The number of carbonyl (C=O) groups is 2. The lowest BCUT2D eigenvalue weighted by molar-refractivity contribution is -0.133. The van der Waals surface area contributed by atoms with Gasteiger partial charge in [-0.05, 0) is 30.2 Å². The second-order valence-electron chi connectivity index (χ2n) is 7.14. The molecule has 4 heteroatoms. The van der Waals surface area contributed by atoms with Gasteiger partial charge in [0.1, 0.15) is 0 Å². The number of hydrogen-bond acceptors (Lipinski definition) is 3. The van der Waals surface area contributed by atoms with Crippen molar-refractivity contribution < 1.29 is 9.59 Å². The van der Waals surface area contributed by atoms with Crippen molar-refractivity contribution in [1.82, 2.24) is 4.90 Å². The molecule has 0 aliphatic carbocycles. The van der Waals surface area contributed by atoms with Crippen LogP contribution >= 0.6 is 0 Å². The minimum atomic E-state index is -1.23. The molecule has 0 aromatic heterocycles. The minimum absolute atomic E-state index is 0.000171. The highest BCUT2D eigenvalue weighted by atomic mass is 16.2. The van der Waals surface area contributed by atoms with Crippen molar-refractivity contribution in [3.8, 4) is 6.07 Å². The van der Waals surface area contributed by atoms with Crippen LogP contribution in [0.1, 0.15) is 56.0 Å². The third-order valence-corrected chi connectivity index (χ3v) is 4.34. The van der Waals surface area contributed by atoms with Crippen LogP contribution in [0.15, 0.2) is 24.3 Å². The van der Waals surface area contributed by atoms with E-state index >= 15 is 0 Å². The summed E-state index contributed by atoms with van der Waals surface area (Å²) in [6.07, 6.45) is 2.99. The Labute approximate surface area is 138 Å². The van der Waals surface area contributed by atoms with E-state index in [0.29, 0.717) is 18.7 Å². The van der Waals surface area contributed by atoms with Crippen LogP contribution in [0.5, 0.6) is 0 Å². The van der Waals surface area contributed by atoms with Gasteiger partial charge in [-0.2, -0.15) is 5.26 Å². The zero-order valence-corrected chi connectivity index (χ0v) is 14.1. The number of rotatable bonds is 3. The van der Waals surface area contributed by atoms with Gasteiger partial charge in [0.15, 0.2) is 11.7 Å². The van der Waals surface area contributed by atoms with E-state index in [9.17, 15) is 14.9 Å². The van der Waals surface area contributed by atoms with E-state index < -0.39 is 11.7 Å². The van der Waals surface area contributed by atoms with Crippen molar-refractivity contribution in [2.75, 3.05) is 13.1 Å². The maximum Gasteiger partial charge on any atom is 0.247 e. The molecule has 1 amide bonds. The molecule has 4 nitrogen and oxygen atoms in total. The van der Waals surface area contributed by atoms with Gasteiger partial charge in [0.2, 0.25) is 5.91 Å². The van der Waals surface area contributed by atoms with E-state index in [1.165, 1.54) is 0 Å². The first-order valence-electron chi connectivity index (χ1n) is 8.18. The third-order valence-electron chi connectivity index (χ3n) is 4.34. The number of nitrogens with zero attached hydrogens (tertiary/aromatic N) is 2. The molecule has 1 atom stereocenters. The predicted octanol–water partition coefficient (Wildman–Crippen LogP) is 3.32. The Balaban J connectivity index is 2.16.